The summed E-state index contributed by atoms with van der Waals surface area (Å²) in [5.41, 5.74) is 0.961. The van der Waals surface area contributed by atoms with E-state index in [1.165, 1.54) is 12.8 Å². The minimum absolute atomic E-state index is 0.141. The van der Waals surface area contributed by atoms with Crippen LogP contribution in [0.5, 0.6) is 0 Å². The Balaban J connectivity index is 1.68. The molecule has 1 aromatic carbocycles. The predicted molar refractivity (Wildman–Crippen MR) is 93.1 cm³/mol. The van der Waals surface area contributed by atoms with Crippen molar-refractivity contribution < 1.29 is 9.90 Å². The van der Waals surface area contributed by atoms with Crippen molar-refractivity contribution >= 4 is 5.91 Å². The zero-order valence-electron chi connectivity index (χ0n) is 14.2. The first kappa shape index (κ1) is 18.0. The maximum Gasteiger partial charge on any atom is 0.223 e. The fourth-order valence-corrected chi connectivity index (χ4v) is 3.13. The molecule has 1 amide bonds. The summed E-state index contributed by atoms with van der Waals surface area (Å²) in [5.74, 6) is 0.353. The number of β-amino-alcohol motifs (C(OH)–C–C–N with tert-alkyl or cyclic N) is 1. The molecule has 23 heavy (non-hydrogen) atoms. The van der Waals surface area contributed by atoms with Crippen molar-refractivity contribution in [2.24, 2.45) is 5.92 Å². The molecule has 0 aromatic heterocycles. The molecule has 128 valence electrons. The third-order valence-electron chi connectivity index (χ3n) is 4.65. The molecule has 2 rings (SSSR count). The number of nitrogens with one attached hydrogen (secondary N) is 1. The summed E-state index contributed by atoms with van der Waals surface area (Å²) >= 11 is 0. The summed E-state index contributed by atoms with van der Waals surface area (Å²) in [6.07, 6.45) is 4.76. The summed E-state index contributed by atoms with van der Waals surface area (Å²) < 4.78 is 0. The first-order chi connectivity index (χ1) is 11.2. The van der Waals surface area contributed by atoms with Gasteiger partial charge in [-0.3, -0.25) is 4.79 Å². The molecule has 1 aliphatic heterocycles. The number of hydrogen-bond acceptors (Lipinski definition) is 3. The van der Waals surface area contributed by atoms with Gasteiger partial charge in [0.2, 0.25) is 5.91 Å². The zero-order valence-corrected chi connectivity index (χ0v) is 14.2. The molecule has 1 aromatic rings. The Labute approximate surface area is 139 Å². The van der Waals surface area contributed by atoms with Gasteiger partial charge in [-0.15, -0.1) is 0 Å². The van der Waals surface area contributed by atoms with Crippen molar-refractivity contribution in [1.82, 2.24) is 10.2 Å². The van der Waals surface area contributed by atoms with Crippen molar-refractivity contribution in [3.8, 4) is 0 Å². The summed E-state index contributed by atoms with van der Waals surface area (Å²) in [4.78, 5) is 14.4. The van der Waals surface area contributed by atoms with Gasteiger partial charge in [-0.1, -0.05) is 50.1 Å². The van der Waals surface area contributed by atoms with Crippen LogP contribution in [0.3, 0.4) is 0 Å². The van der Waals surface area contributed by atoms with Gasteiger partial charge in [-0.05, 0) is 37.9 Å². The fraction of sp³-hybridized carbons (Fsp3) is 0.632. The van der Waals surface area contributed by atoms with Crippen LogP contribution in [0.4, 0.5) is 0 Å². The van der Waals surface area contributed by atoms with E-state index in [9.17, 15) is 9.90 Å². The van der Waals surface area contributed by atoms with Gasteiger partial charge in [0, 0.05) is 19.0 Å². The number of aliphatic hydroxyl groups is 1. The number of likely N-dealkylation sites (tertiary alicyclic amines) is 1. The number of hydrogen-bond donors (Lipinski definition) is 2. The molecule has 2 N–H and O–H groups in total. The van der Waals surface area contributed by atoms with Crippen LogP contribution in [0.1, 0.15) is 50.7 Å². The fourth-order valence-electron chi connectivity index (χ4n) is 3.13. The van der Waals surface area contributed by atoms with Crippen LogP contribution in [-0.2, 0) is 4.79 Å². The molecule has 0 bridgehead atoms. The second-order valence-electron chi connectivity index (χ2n) is 6.50. The van der Waals surface area contributed by atoms with Crippen molar-refractivity contribution in [2.45, 2.75) is 45.1 Å². The molecule has 1 saturated heterocycles. The molecule has 1 fully saturated rings. The first-order valence-corrected chi connectivity index (χ1v) is 8.93. The minimum Gasteiger partial charge on any atom is -0.387 e. The third kappa shape index (κ3) is 5.96. The molecule has 0 aliphatic carbocycles. The van der Waals surface area contributed by atoms with Crippen molar-refractivity contribution in [3.63, 3.8) is 0 Å². The third-order valence-corrected chi connectivity index (χ3v) is 4.65. The predicted octanol–water partition coefficient (Wildman–Crippen LogP) is 2.74. The topological polar surface area (TPSA) is 52.6 Å². The molecule has 1 aliphatic rings. The van der Waals surface area contributed by atoms with E-state index in [0.717, 1.165) is 44.5 Å². The number of aliphatic hydroxyl groups excluding tert-OH is 1. The van der Waals surface area contributed by atoms with Gasteiger partial charge in [-0.2, -0.15) is 0 Å². The average Bonchev–Trinajstić information content (AvgIpc) is 2.60. The lowest BCUT2D eigenvalue weighted by Crippen LogP contribution is -2.42. The molecule has 1 heterocycles. The van der Waals surface area contributed by atoms with Gasteiger partial charge in [0.05, 0.1) is 6.10 Å². The molecule has 0 saturated carbocycles. The lowest BCUT2D eigenvalue weighted by molar-refractivity contribution is -0.126. The van der Waals surface area contributed by atoms with E-state index >= 15 is 0 Å². The molecule has 4 nitrogen and oxygen atoms in total. The number of amides is 1. The highest BCUT2D eigenvalue weighted by Gasteiger charge is 2.25. The number of carbonyl (C=O) groups excluding carboxylic acids is 1. The molecular formula is C19H30N2O2. The Hall–Kier alpha value is -1.39. The SMILES string of the molecule is CCCCCNC(=O)C1CCN(CC(O)c2ccccc2)CC1. The van der Waals surface area contributed by atoms with Crippen LogP contribution >= 0.6 is 0 Å². The van der Waals surface area contributed by atoms with Gasteiger partial charge in [0.1, 0.15) is 0 Å². The average molecular weight is 318 g/mol. The highest BCUT2D eigenvalue weighted by molar-refractivity contribution is 5.78. The van der Waals surface area contributed by atoms with E-state index in [1.807, 2.05) is 30.3 Å². The molecular weight excluding hydrogens is 288 g/mol. The smallest absolute Gasteiger partial charge is 0.223 e. The van der Waals surface area contributed by atoms with Gasteiger partial charge < -0.3 is 15.3 Å². The Morgan fingerprint density at radius 2 is 1.96 bits per heavy atom. The Morgan fingerprint density at radius 1 is 1.26 bits per heavy atom. The number of benzene rings is 1. The largest absolute Gasteiger partial charge is 0.387 e. The standard InChI is InChI=1S/C19H30N2O2/c1-2-3-7-12-20-19(23)17-10-13-21(14-11-17)15-18(22)16-8-5-4-6-9-16/h4-6,8-9,17-18,22H,2-3,7,10-15H2,1H3,(H,20,23). The van der Waals surface area contributed by atoms with Crippen molar-refractivity contribution in [3.05, 3.63) is 35.9 Å². The number of rotatable bonds is 8. The zero-order chi connectivity index (χ0) is 16.5. The maximum atomic E-state index is 12.1. The molecule has 4 heteroatoms. The normalized spacial score (nSPS) is 17.8. The number of unbranched alkanes of at least 4 members (excludes halogenated alkanes) is 2. The summed E-state index contributed by atoms with van der Waals surface area (Å²) in [6, 6.07) is 9.78. The van der Waals surface area contributed by atoms with E-state index in [0.29, 0.717) is 6.54 Å². The lowest BCUT2D eigenvalue weighted by Gasteiger charge is -2.32. The Kier molecular flexibility index (Phi) is 7.56. The first-order valence-electron chi connectivity index (χ1n) is 8.93. The van der Waals surface area contributed by atoms with Gasteiger partial charge in [0.15, 0.2) is 0 Å². The Bertz CT molecular complexity index is 456. The number of nitrogens with zero attached hydrogens (tertiary/aromatic N) is 1. The highest BCUT2D eigenvalue weighted by atomic mass is 16.3. The van der Waals surface area contributed by atoms with E-state index in [4.69, 9.17) is 0 Å². The van der Waals surface area contributed by atoms with Gasteiger partial charge in [-0.25, -0.2) is 0 Å². The summed E-state index contributed by atoms with van der Waals surface area (Å²) in [6.45, 7) is 5.39. The second-order valence-corrected chi connectivity index (χ2v) is 6.50. The van der Waals surface area contributed by atoms with Crippen LogP contribution in [0, 0.1) is 5.92 Å². The molecule has 0 spiro atoms. The van der Waals surface area contributed by atoms with Crippen molar-refractivity contribution in [1.29, 1.82) is 0 Å². The lowest BCUT2D eigenvalue weighted by atomic mass is 9.95. The van der Waals surface area contributed by atoms with E-state index in [1.54, 1.807) is 0 Å². The van der Waals surface area contributed by atoms with Crippen LogP contribution in [0.15, 0.2) is 30.3 Å². The molecule has 1 unspecified atom stereocenters. The molecule has 0 radical (unpaired) electrons. The Morgan fingerprint density at radius 3 is 2.61 bits per heavy atom. The number of piperidine rings is 1. The maximum absolute atomic E-state index is 12.1. The van der Waals surface area contributed by atoms with E-state index in [-0.39, 0.29) is 11.8 Å². The van der Waals surface area contributed by atoms with Crippen LogP contribution in [0.2, 0.25) is 0 Å². The van der Waals surface area contributed by atoms with Crippen molar-refractivity contribution in [2.75, 3.05) is 26.2 Å². The quantitative estimate of drug-likeness (QED) is 0.725. The van der Waals surface area contributed by atoms with Gasteiger partial charge in [0.25, 0.3) is 0 Å². The van der Waals surface area contributed by atoms with E-state index < -0.39 is 6.10 Å². The summed E-state index contributed by atoms with van der Waals surface area (Å²) in [5, 5.41) is 13.4. The van der Waals surface area contributed by atoms with E-state index in [2.05, 4.69) is 17.1 Å². The van der Waals surface area contributed by atoms with Crippen LogP contribution < -0.4 is 5.32 Å². The second kappa shape index (κ2) is 9.68. The molecule has 1 atom stereocenters. The van der Waals surface area contributed by atoms with Crippen LogP contribution in [0.25, 0.3) is 0 Å². The number of carbonyl (C=O) groups is 1. The summed E-state index contributed by atoms with van der Waals surface area (Å²) in [7, 11) is 0. The highest BCUT2D eigenvalue weighted by Crippen LogP contribution is 2.20. The monoisotopic (exact) mass is 318 g/mol. The minimum atomic E-state index is -0.448. The van der Waals surface area contributed by atoms with Crippen LogP contribution in [-0.4, -0.2) is 42.1 Å². The van der Waals surface area contributed by atoms with Gasteiger partial charge >= 0.3 is 0 Å².